The fourth-order valence-electron chi connectivity index (χ4n) is 4.14. The Morgan fingerprint density at radius 2 is 1.13 bits per heavy atom. The highest BCUT2D eigenvalue weighted by molar-refractivity contribution is 6.05. The van der Waals surface area contributed by atoms with Gasteiger partial charge in [0.15, 0.2) is 0 Å². The summed E-state index contributed by atoms with van der Waals surface area (Å²) in [6, 6.07) is 17.3. The number of hydrogen-bond acceptors (Lipinski definition) is 4. The molecule has 0 radical (unpaired) electrons. The molecule has 2 atom stereocenters. The van der Waals surface area contributed by atoms with Gasteiger partial charge >= 0.3 is 0 Å². The number of aliphatic hydroxyl groups excluding tert-OH is 2. The third kappa shape index (κ3) is 4.89. The van der Waals surface area contributed by atoms with Gasteiger partial charge in [0, 0.05) is 0 Å². The fraction of sp³-hybridized carbons (Fsp3) is 0.417. The molecular weight excluding hydrogens is 380 g/mol. The monoisotopic (exact) mass is 410 g/mol. The van der Waals surface area contributed by atoms with E-state index in [0.717, 1.165) is 30.4 Å². The number of hydrogen-bond donors (Lipinski definition) is 4. The van der Waals surface area contributed by atoms with E-state index >= 15 is 0 Å². The van der Waals surface area contributed by atoms with Crippen molar-refractivity contribution in [2.45, 2.75) is 44.2 Å². The number of carbonyl (C=O) groups excluding carboxylic acids is 2. The highest BCUT2D eigenvalue weighted by Gasteiger charge is 2.47. The lowest BCUT2D eigenvalue weighted by Crippen LogP contribution is -2.54. The van der Waals surface area contributed by atoms with Crippen molar-refractivity contribution in [1.29, 1.82) is 0 Å². The Morgan fingerprint density at radius 3 is 1.50 bits per heavy atom. The van der Waals surface area contributed by atoms with Gasteiger partial charge in [0.2, 0.25) is 11.8 Å². The summed E-state index contributed by atoms with van der Waals surface area (Å²) in [7, 11) is 0. The summed E-state index contributed by atoms with van der Waals surface area (Å²) >= 11 is 0. The number of benzene rings is 2. The van der Waals surface area contributed by atoms with Gasteiger partial charge in [-0.2, -0.15) is 0 Å². The summed E-state index contributed by atoms with van der Waals surface area (Å²) in [6.45, 7) is -0.506. The molecule has 1 aliphatic carbocycles. The minimum Gasteiger partial charge on any atom is -0.394 e. The van der Waals surface area contributed by atoms with Gasteiger partial charge in [-0.1, -0.05) is 79.9 Å². The summed E-state index contributed by atoms with van der Waals surface area (Å²) in [4.78, 5) is 26.7. The normalized spacial score (nSPS) is 17.5. The maximum Gasteiger partial charge on any atom is 0.236 e. The van der Waals surface area contributed by atoms with Crippen LogP contribution in [0.5, 0.6) is 0 Å². The smallest absolute Gasteiger partial charge is 0.236 e. The molecule has 3 rings (SSSR count). The van der Waals surface area contributed by atoms with Gasteiger partial charge in [-0.3, -0.25) is 9.59 Å². The van der Waals surface area contributed by atoms with Gasteiger partial charge in [-0.15, -0.1) is 0 Å². The fourth-order valence-corrected chi connectivity index (χ4v) is 4.14. The van der Waals surface area contributed by atoms with E-state index in [2.05, 4.69) is 10.6 Å². The van der Waals surface area contributed by atoms with E-state index in [4.69, 9.17) is 0 Å². The second-order valence-corrected chi connectivity index (χ2v) is 7.88. The van der Waals surface area contributed by atoms with Crippen molar-refractivity contribution in [2.75, 3.05) is 13.2 Å². The SMILES string of the molecule is O=C(N[C@@H](CO)c1ccccc1)C1(C(=O)N[C@@H](CO)c2ccccc2)CCCCC1. The van der Waals surface area contributed by atoms with Crippen LogP contribution in [-0.4, -0.2) is 35.2 Å². The standard InChI is InChI=1S/C24H30N2O4/c27-16-20(18-10-4-1-5-11-18)25-22(29)24(14-8-3-9-15-24)23(30)26-21(17-28)19-12-6-2-7-13-19/h1-2,4-7,10-13,20-21,27-28H,3,8-9,14-17H2,(H,25,29)(H,26,30)/t20-,21-/m0/s1. The van der Waals surface area contributed by atoms with Crippen LogP contribution in [0.2, 0.25) is 0 Å². The molecule has 0 aromatic heterocycles. The van der Waals surface area contributed by atoms with Crippen LogP contribution in [0.15, 0.2) is 60.7 Å². The lowest BCUT2D eigenvalue weighted by molar-refractivity contribution is -0.147. The molecule has 6 heteroatoms. The maximum absolute atomic E-state index is 13.4. The second kappa shape index (κ2) is 10.4. The van der Waals surface area contributed by atoms with E-state index < -0.39 is 17.5 Å². The Morgan fingerprint density at radius 1 is 0.733 bits per heavy atom. The highest BCUT2D eigenvalue weighted by atomic mass is 16.3. The minimum absolute atomic E-state index is 0.253. The molecule has 1 saturated carbocycles. The summed E-state index contributed by atoms with van der Waals surface area (Å²) in [6.07, 6.45) is 3.44. The van der Waals surface area contributed by atoms with Crippen LogP contribution in [0, 0.1) is 5.41 Å². The Kier molecular flexibility index (Phi) is 7.60. The number of amides is 2. The average molecular weight is 411 g/mol. The highest BCUT2D eigenvalue weighted by Crippen LogP contribution is 2.38. The quantitative estimate of drug-likeness (QED) is 0.503. The minimum atomic E-state index is -1.21. The molecule has 30 heavy (non-hydrogen) atoms. The van der Waals surface area contributed by atoms with Gasteiger partial charge in [-0.25, -0.2) is 0 Å². The van der Waals surface area contributed by atoms with Gasteiger partial charge in [0.25, 0.3) is 0 Å². The zero-order valence-corrected chi connectivity index (χ0v) is 17.1. The largest absolute Gasteiger partial charge is 0.394 e. The van der Waals surface area contributed by atoms with Crippen molar-refractivity contribution >= 4 is 11.8 Å². The van der Waals surface area contributed by atoms with E-state index in [1.807, 2.05) is 60.7 Å². The predicted octanol–water partition coefficient (Wildman–Crippen LogP) is 2.64. The first-order valence-corrected chi connectivity index (χ1v) is 10.5. The van der Waals surface area contributed by atoms with Gasteiger partial charge < -0.3 is 20.8 Å². The first-order chi connectivity index (χ1) is 14.6. The van der Waals surface area contributed by atoms with E-state index in [1.165, 1.54) is 0 Å². The molecule has 0 bridgehead atoms. The van der Waals surface area contributed by atoms with E-state index in [1.54, 1.807) is 0 Å². The van der Waals surface area contributed by atoms with Crippen molar-refractivity contribution < 1.29 is 19.8 Å². The number of nitrogens with one attached hydrogen (secondary N) is 2. The summed E-state index contributed by atoms with van der Waals surface area (Å²) in [5.41, 5.74) is 0.373. The molecule has 0 heterocycles. The maximum atomic E-state index is 13.4. The topological polar surface area (TPSA) is 98.7 Å². The predicted molar refractivity (Wildman–Crippen MR) is 114 cm³/mol. The first-order valence-electron chi connectivity index (χ1n) is 10.5. The van der Waals surface area contributed by atoms with Crippen molar-refractivity contribution in [3.05, 3.63) is 71.8 Å². The molecular formula is C24H30N2O4. The van der Waals surface area contributed by atoms with Crippen LogP contribution in [0.1, 0.15) is 55.3 Å². The molecule has 0 saturated heterocycles. The Hall–Kier alpha value is -2.70. The molecule has 4 N–H and O–H groups in total. The molecule has 2 aromatic carbocycles. The molecule has 1 fully saturated rings. The Bertz CT molecular complexity index is 756. The summed E-state index contributed by atoms with van der Waals surface area (Å²) < 4.78 is 0. The van der Waals surface area contributed by atoms with Gasteiger partial charge in [-0.05, 0) is 24.0 Å². The van der Waals surface area contributed by atoms with Crippen molar-refractivity contribution in [3.8, 4) is 0 Å². The lowest BCUT2D eigenvalue weighted by Gasteiger charge is -2.36. The van der Waals surface area contributed by atoms with E-state index in [0.29, 0.717) is 12.8 Å². The molecule has 160 valence electrons. The number of carbonyl (C=O) groups is 2. The average Bonchev–Trinajstić information content (AvgIpc) is 2.82. The van der Waals surface area contributed by atoms with Crippen LogP contribution < -0.4 is 10.6 Å². The van der Waals surface area contributed by atoms with Crippen LogP contribution >= 0.6 is 0 Å². The van der Waals surface area contributed by atoms with Crippen LogP contribution in [-0.2, 0) is 9.59 Å². The van der Waals surface area contributed by atoms with Gasteiger partial charge in [0.1, 0.15) is 5.41 Å². The third-order valence-electron chi connectivity index (χ3n) is 5.96. The van der Waals surface area contributed by atoms with Crippen molar-refractivity contribution in [2.24, 2.45) is 5.41 Å². The number of aliphatic hydroxyl groups is 2. The molecule has 0 spiro atoms. The zero-order valence-electron chi connectivity index (χ0n) is 17.1. The van der Waals surface area contributed by atoms with E-state index in [9.17, 15) is 19.8 Å². The number of rotatable bonds is 8. The summed E-state index contributed by atoms with van der Waals surface area (Å²) in [5.74, 6) is -0.736. The molecule has 0 unspecified atom stereocenters. The molecule has 1 aliphatic rings. The molecule has 0 aliphatic heterocycles. The molecule has 2 amide bonds. The van der Waals surface area contributed by atoms with Crippen LogP contribution in [0.25, 0.3) is 0 Å². The van der Waals surface area contributed by atoms with Gasteiger partial charge in [0.05, 0.1) is 25.3 Å². The van der Waals surface area contributed by atoms with Crippen molar-refractivity contribution in [1.82, 2.24) is 10.6 Å². The summed E-state index contributed by atoms with van der Waals surface area (Å²) in [5, 5.41) is 25.5. The van der Waals surface area contributed by atoms with Crippen LogP contribution in [0.4, 0.5) is 0 Å². The second-order valence-electron chi connectivity index (χ2n) is 7.88. The molecule has 6 nitrogen and oxygen atoms in total. The third-order valence-corrected chi connectivity index (χ3v) is 5.96. The van der Waals surface area contributed by atoms with Crippen molar-refractivity contribution in [3.63, 3.8) is 0 Å². The lowest BCUT2D eigenvalue weighted by atomic mass is 9.72. The zero-order chi connectivity index (χ0) is 21.4. The first kappa shape index (κ1) is 22.0. The Balaban J connectivity index is 1.80. The molecule has 2 aromatic rings. The van der Waals surface area contributed by atoms with E-state index in [-0.39, 0.29) is 25.0 Å². The van der Waals surface area contributed by atoms with Crippen LogP contribution in [0.3, 0.4) is 0 Å². The Labute approximate surface area is 177 Å².